The molecule has 3 aliphatic heterocycles. The molecule has 20 heteroatoms. The smallest absolute Gasteiger partial charge is 0.407 e. The number of hydrogen-bond acceptors (Lipinski definition) is 13. The summed E-state index contributed by atoms with van der Waals surface area (Å²) < 4.78 is 21.5. The molecule has 2 aromatic heterocycles. The van der Waals surface area contributed by atoms with Crippen LogP contribution in [0.5, 0.6) is 0 Å². The first kappa shape index (κ1) is 50.3. The van der Waals surface area contributed by atoms with Crippen molar-refractivity contribution in [2.24, 2.45) is 11.8 Å². The van der Waals surface area contributed by atoms with Crippen molar-refractivity contribution in [3.05, 3.63) is 77.1 Å². The zero-order chi connectivity index (χ0) is 49.5. The van der Waals surface area contributed by atoms with Crippen molar-refractivity contribution in [2.45, 2.75) is 109 Å². The number of rotatable bonds is 16. The topological polar surface area (TPSA) is 248 Å². The molecule has 0 saturated carbocycles. The van der Waals surface area contributed by atoms with Gasteiger partial charge in [-0.05, 0) is 86.1 Å². The highest BCUT2D eigenvalue weighted by atomic mass is 16.7. The minimum atomic E-state index is -1.06. The van der Waals surface area contributed by atoms with Crippen LogP contribution in [-0.4, -0.2) is 138 Å². The fraction of sp³-hybridized carbons (Fsp3) is 0.551. The Morgan fingerprint density at radius 1 is 0.812 bits per heavy atom. The molecule has 7 rings (SSSR count). The van der Waals surface area contributed by atoms with E-state index in [0.29, 0.717) is 74.9 Å². The number of methoxy groups -OCH3 is 2. The number of anilines is 2. The van der Waals surface area contributed by atoms with Gasteiger partial charge in [0.25, 0.3) is 5.91 Å². The number of allylic oxidation sites excluding steroid dienone is 7. The number of aromatic amines is 1. The number of imidazole rings is 1. The Hall–Kier alpha value is -6.54. The second kappa shape index (κ2) is 21.8. The van der Waals surface area contributed by atoms with E-state index in [4.69, 9.17) is 23.9 Å². The normalized spacial score (nSPS) is 21.7. The Labute approximate surface area is 402 Å². The van der Waals surface area contributed by atoms with Crippen LogP contribution in [0, 0.1) is 11.8 Å². The van der Waals surface area contributed by atoms with Gasteiger partial charge in [0.15, 0.2) is 5.79 Å². The van der Waals surface area contributed by atoms with Crippen molar-refractivity contribution in [3.8, 4) is 0 Å². The molecule has 1 spiro atoms. The SMILES string of the molecule is COC(=O)NC(C(=O)N1CC2(CC1c1ncc(C3=CC=C(C4=CC=C(C(=O)Nc5ccc(NCCNC(=O)C6(C)CCCN6C(=O)C(NC(=O)OC)C(C)C)nc5)CC4)CC3)[nH]1)OCCO2)C(C)C. The molecule has 3 saturated heterocycles. The number of amides is 6. The summed E-state index contributed by atoms with van der Waals surface area (Å²) in [6.07, 6.45) is 14.5. The summed E-state index contributed by atoms with van der Waals surface area (Å²) in [5.74, 6) is -1.21. The number of likely N-dealkylation sites (tertiary alicyclic amines) is 2. The molecule has 0 radical (unpaired) electrons. The van der Waals surface area contributed by atoms with Gasteiger partial charge in [-0.1, -0.05) is 52.0 Å². The number of aromatic nitrogens is 3. The summed E-state index contributed by atoms with van der Waals surface area (Å²) in [5, 5.41) is 14.4. The monoisotopic (exact) mass is 954 g/mol. The molecule has 372 valence electrons. The number of alkyl carbamates (subject to hydrolysis) is 2. The Kier molecular flexibility index (Phi) is 15.9. The summed E-state index contributed by atoms with van der Waals surface area (Å²) in [5.41, 5.74) is 4.49. The number of ether oxygens (including phenoxy) is 4. The molecule has 4 unspecified atom stereocenters. The molecule has 2 aromatic rings. The predicted molar refractivity (Wildman–Crippen MR) is 255 cm³/mol. The third kappa shape index (κ3) is 11.5. The second-order valence-corrected chi connectivity index (χ2v) is 18.9. The number of H-pyrrole nitrogens is 1. The molecule has 20 nitrogen and oxygen atoms in total. The van der Waals surface area contributed by atoms with Crippen molar-refractivity contribution in [1.29, 1.82) is 0 Å². The number of carbonyl (C=O) groups excluding carboxylic acids is 6. The molecule has 6 N–H and O–H groups in total. The number of nitrogens with one attached hydrogen (secondary N) is 6. The minimum absolute atomic E-state index is 0.196. The molecule has 0 aromatic carbocycles. The second-order valence-electron chi connectivity index (χ2n) is 18.9. The van der Waals surface area contributed by atoms with Gasteiger partial charge in [0, 0.05) is 31.6 Å². The largest absolute Gasteiger partial charge is 0.453 e. The van der Waals surface area contributed by atoms with Crippen LogP contribution in [0.15, 0.2) is 65.5 Å². The fourth-order valence-electron chi connectivity index (χ4n) is 9.55. The summed E-state index contributed by atoms with van der Waals surface area (Å²) in [6.45, 7) is 11.3. The van der Waals surface area contributed by atoms with Crippen LogP contribution in [0.1, 0.15) is 97.1 Å². The lowest BCUT2D eigenvalue weighted by Crippen LogP contribution is -2.60. The van der Waals surface area contributed by atoms with E-state index in [0.717, 1.165) is 30.5 Å². The van der Waals surface area contributed by atoms with E-state index in [2.05, 4.69) is 48.7 Å². The standard InChI is InChI=1S/C49H66N10O10/c1-29(2)39(56-46(64)66-6)43(61)58-28-49(68-23-24-69-49)25-37(58)41-53-27-36(55-41)33-13-9-31(10-14-33)32-11-15-34(16-12-32)42(60)54-35-17-18-38(52-26-35)50-20-21-51-45(63)48(5)19-8-22-59(48)44(62)40(30(3)4)57-47(65)67-7/h9,11,13,15,17-18,26-27,29-30,37,39-40H,8,10,12,14,16,19-25,28H2,1-7H3,(H,50,52)(H,51,63)(H,53,55)(H,54,60)(H,56,64)(H,57,65). The first-order valence-electron chi connectivity index (χ1n) is 23.8. The van der Waals surface area contributed by atoms with Gasteiger partial charge in [-0.3, -0.25) is 19.2 Å². The van der Waals surface area contributed by atoms with E-state index >= 15 is 0 Å². The van der Waals surface area contributed by atoms with Crippen LogP contribution >= 0.6 is 0 Å². The van der Waals surface area contributed by atoms with E-state index in [1.807, 2.05) is 39.8 Å². The highest BCUT2D eigenvalue weighted by Crippen LogP contribution is 2.43. The van der Waals surface area contributed by atoms with Gasteiger partial charge in [-0.2, -0.15) is 0 Å². The van der Waals surface area contributed by atoms with Gasteiger partial charge in [0.05, 0.1) is 63.8 Å². The Bertz CT molecular complexity index is 2380. The van der Waals surface area contributed by atoms with E-state index in [1.165, 1.54) is 25.4 Å². The fourth-order valence-corrected chi connectivity index (χ4v) is 9.55. The predicted octanol–water partition coefficient (Wildman–Crippen LogP) is 4.88. The Balaban J connectivity index is 0.893. The maximum absolute atomic E-state index is 14.0. The number of hydrogen-bond donors (Lipinski definition) is 6. The number of carbonyl (C=O) groups is 6. The summed E-state index contributed by atoms with van der Waals surface area (Å²) in [6, 6.07) is 1.42. The van der Waals surface area contributed by atoms with Crippen LogP contribution in [0.3, 0.4) is 0 Å². The maximum Gasteiger partial charge on any atom is 0.407 e. The van der Waals surface area contributed by atoms with Crippen LogP contribution in [-0.2, 0) is 38.1 Å². The van der Waals surface area contributed by atoms with Gasteiger partial charge in [0.2, 0.25) is 17.7 Å². The highest BCUT2D eigenvalue weighted by Gasteiger charge is 2.53. The molecule has 4 atom stereocenters. The Morgan fingerprint density at radius 2 is 1.45 bits per heavy atom. The quantitative estimate of drug-likeness (QED) is 0.123. The average molecular weight is 955 g/mol. The average Bonchev–Trinajstić information content (AvgIpc) is 4.19. The maximum atomic E-state index is 14.0. The van der Waals surface area contributed by atoms with Gasteiger partial charge < -0.3 is 60.3 Å². The van der Waals surface area contributed by atoms with E-state index in [-0.39, 0.29) is 48.6 Å². The molecule has 6 amide bonds. The third-order valence-electron chi connectivity index (χ3n) is 13.6. The lowest BCUT2D eigenvalue weighted by molar-refractivity contribution is -0.153. The summed E-state index contributed by atoms with van der Waals surface area (Å²) in [4.78, 5) is 94.1. The van der Waals surface area contributed by atoms with Crippen LogP contribution in [0.25, 0.3) is 5.57 Å². The molecule has 5 heterocycles. The van der Waals surface area contributed by atoms with E-state index < -0.39 is 41.6 Å². The van der Waals surface area contributed by atoms with Gasteiger partial charge in [-0.25, -0.2) is 19.6 Å². The van der Waals surface area contributed by atoms with Crippen LogP contribution in [0.2, 0.25) is 0 Å². The molecule has 2 aliphatic carbocycles. The minimum Gasteiger partial charge on any atom is -0.453 e. The first-order chi connectivity index (χ1) is 33.0. The summed E-state index contributed by atoms with van der Waals surface area (Å²) >= 11 is 0. The molecule has 5 aliphatic rings. The zero-order valence-electron chi connectivity index (χ0n) is 40.6. The molecular weight excluding hydrogens is 889 g/mol. The lowest BCUT2D eigenvalue weighted by atomic mass is 9.86. The van der Waals surface area contributed by atoms with Gasteiger partial charge >= 0.3 is 12.2 Å². The van der Waals surface area contributed by atoms with Crippen molar-refractivity contribution >= 4 is 52.9 Å². The number of nitrogens with zero attached hydrogens (tertiary/aromatic N) is 4. The van der Waals surface area contributed by atoms with Crippen molar-refractivity contribution < 1.29 is 47.7 Å². The van der Waals surface area contributed by atoms with Gasteiger partial charge in [0.1, 0.15) is 29.3 Å². The first-order valence-corrected chi connectivity index (χ1v) is 23.8. The van der Waals surface area contributed by atoms with E-state index in [1.54, 1.807) is 41.2 Å². The van der Waals surface area contributed by atoms with Crippen LogP contribution < -0.4 is 26.6 Å². The lowest BCUT2D eigenvalue weighted by Gasteiger charge is -2.37. The Morgan fingerprint density at radius 3 is 2.04 bits per heavy atom. The van der Waals surface area contributed by atoms with Crippen molar-refractivity contribution in [3.63, 3.8) is 0 Å². The third-order valence-corrected chi connectivity index (χ3v) is 13.6. The summed E-state index contributed by atoms with van der Waals surface area (Å²) in [7, 11) is 2.51. The number of pyridine rings is 1. The molecule has 69 heavy (non-hydrogen) atoms. The highest BCUT2D eigenvalue weighted by molar-refractivity contribution is 6.04. The van der Waals surface area contributed by atoms with Gasteiger partial charge in [-0.15, -0.1) is 0 Å². The van der Waals surface area contributed by atoms with Crippen molar-refractivity contribution in [2.75, 3.05) is 64.2 Å². The van der Waals surface area contributed by atoms with E-state index in [9.17, 15) is 28.8 Å². The molecule has 0 bridgehead atoms. The molecule has 3 fully saturated rings. The zero-order valence-corrected chi connectivity index (χ0v) is 40.6. The molecular formula is C49H66N10O10. The van der Waals surface area contributed by atoms with Crippen molar-refractivity contribution in [1.82, 2.24) is 40.7 Å². The van der Waals surface area contributed by atoms with Crippen LogP contribution in [0.4, 0.5) is 21.1 Å².